The van der Waals surface area contributed by atoms with Crippen LogP contribution in [0.4, 0.5) is 0 Å². The van der Waals surface area contributed by atoms with E-state index in [4.69, 9.17) is 0 Å². The van der Waals surface area contributed by atoms with Crippen molar-refractivity contribution in [2.45, 2.75) is 72.1 Å². The molecular formula is C20H30O4. The number of carbonyl (C=O) groups is 2. The van der Waals surface area contributed by atoms with Crippen LogP contribution in [-0.2, 0) is 12.8 Å². The average molecular weight is 334 g/mol. The molecule has 0 radical (unpaired) electrons. The van der Waals surface area contributed by atoms with Gasteiger partial charge in [0.05, 0.1) is 11.1 Å². The van der Waals surface area contributed by atoms with Gasteiger partial charge in [0.25, 0.3) is 0 Å². The van der Waals surface area contributed by atoms with Crippen molar-refractivity contribution < 1.29 is 19.8 Å². The predicted molar refractivity (Wildman–Crippen MR) is 96.0 cm³/mol. The number of aromatic carboxylic acids is 2. The van der Waals surface area contributed by atoms with E-state index >= 15 is 0 Å². The molecular weight excluding hydrogens is 304 g/mol. The average Bonchev–Trinajstić information content (AvgIpc) is 2.50. The van der Waals surface area contributed by atoms with Crippen molar-refractivity contribution in [3.05, 3.63) is 34.4 Å². The maximum absolute atomic E-state index is 11.7. The van der Waals surface area contributed by atoms with Gasteiger partial charge in [-0.1, -0.05) is 58.9 Å². The summed E-state index contributed by atoms with van der Waals surface area (Å²) in [5.41, 5.74) is 1.57. The van der Waals surface area contributed by atoms with E-state index < -0.39 is 11.9 Å². The number of hydrogen-bond donors (Lipinski definition) is 2. The Morgan fingerprint density at radius 2 is 1.62 bits per heavy atom. The molecule has 0 aliphatic carbocycles. The summed E-state index contributed by atoms with van der Waals surface area (Å²) in [6.45, 7) is 6.47. The van der Waals surface area contributed by atoms with Gasteiger partial charge in [0.2, 0.25) is 0 Å². The molecule has 0 aromatic heterocycles. The molecule has 2 N–H and O–H groups in total. The number of rotatable bonds is 11. The molecule has 24 heavy (non-hydrogen) atoms. The van der Waals surface area contributed by atoms with Crippen LogP contribution in [0.15, 0.2) is 12.1 Å². The monoisotopic (exact) mass is 334 g/mol. The number of benzene rings is 1. The molecule has 1 aromatic carbocycles. The Hall–Kier alpha value is -1.84. The van der Waals surface area contributed by atoms with Crippen molar-refractivity contribution >= 4 is 11.9 Å². The van der Waals surface area contributed by atoms with E-state index in [-0.39, 0.29) is 11.1 Å². The van der Waals surface area contributed by atoms with Gasteiger partial charge in [-0.15, -0.1) is 0 Å². The molecule has 0 amide bonds. The van der Waals surface area contributed by atoms with Crippen LogP contribution in [0.5, 0.6) is 0 Å². The molecule has 0 bridgehead atoms. The maximum Gasteiger partial charge on any atom is 0.336 e. The standard InChI is InChI=1S/C20H30O4/c1-4-9-15-12-13-17(19(21)22)18(20(23)24)16(15)11-8-6-5-7-10-14(2)3/h12-14H,4-11H2,1-3H3,(H,21,22)(H,23,24). The molecule has 0 spiro atoms. The van der Waals surface area contributed by atoms with Crippen molar-refractivity contribution in [1.29, 1.82) is 0 Å². The maximum atomic E-state index is 11.7. The van der Waals surface area contributed by atoms with E-state index in [2.05, 4.69) is 13.8 Å². The molecule has 134 valence electrons. The Balaban J connectivity index is 2.90. The quantitative estimate of drug-likeness (QED) is 0.546. The van der Waals surface area contributed by atoms with Gasteiger partial charge in [-0.25, -0.2) is 9.59 Å². The lowest BCUT2D eigenvalue weighted by Crippen LogP contribution is -2.14. The van der Waals surface area contributed by atoms with Crippen molar-refractivity contribution in [1.82, 2.24) is 0 Å². The van der Waals surface area contributed by atoms with Crippen molar-refractivity contribution in [3.8, 4) is 0 Å². The largest absolute Gasteiger partial charge is 0.478 e. The Morgan fingerprint density at radius 1 is 0.958 bits per heavy atom. The summed E-state index contributed by atoms with van der Waals surface area (Å²) in [6.07, 6.45) is 7.83. The minimum atomic E-state index is -1.17. The highest BCUT2D eigenvalue weighted by Crippen LogP contribution is 2.24. The second-order valence-electron chi connectivity index (χ2n) is 6.83. The number of carboxylic acid groups (broad SMARTS) is 2. The van der Waals surface area contributed by atoms with Crippen LogP contribution in [0, 0.1) is 5.92 Å². The van der Waals surface area contributed by atoms with Gasteiger partial charge < -0.3 is 10.2 Å². The zero-order valence-corrected chi connectivity index (χ0v) is 15.1. The predicted octanol–water partition coefficient (Wildman–Crippen LogP) is 5.18. The first kappa shape index (κ1) is 20.2. The third-order valence-corrected chi connectivity index (χ3v) is 4.33. The summed E-state index contributed by atoms with van der Waals surface area (Å²) in [7, 11) is 0. The van der Waals surface area contributed by atoms with Crippen LogP contribution in [-0.4, -0.2) is 22.2 Å². The Bertz CT molecular complexity index is 561. The topological polar surface area (TPSA) is 74.6 Å². The van der Waals surface area contributed by atoms with Gasteiger partial charge in [0.15, 0.2) is 0 Å². The normalized spacial score (nSPS) is 11.0. The third kappa shape index (κ3) is 5.99. The zero-order chi connectivity index (χ0) is 18.1. The van der Waals surface area contributed by atoms with E-state index in [0.717, 1.165) is 37.7 Å². The first-order valence-corrected chi connectivity index (χ1v) is 8.99. The summed E-state index contributed by atoms with van der Waals surface area (Å²) in [4.78, 5) is 23.0. The van der Waals surface area contributed by atoms with Crippen molar-refractivity contribution in [2.24, 2.45) is 5.92 Å². The molecule has 0 saturated carbocycles. The van der Waals surface area contributed by atoms with E-state index in [1.165, 1.54) is 18.9 Å². The first-order chi connectivity index (χ1) is 11.4. The lowest BCUT2D eigenvalue weighted by molar-refractivity contribution is 0.0650. The minimum absolute atomic E-state index is 0.0179. The van der Waals surface area contributed by atoms with Crippen LogP contribution in [0.25, 0.3) is 0 Å². The number of hydrogen-bond acceptors (Lipinski definition) is 2. The molecule has 4 heteroatoms. The molecule has 1 rings (SSSR count). The molecule has 0 aliphatic heterocycles. The Kier molecular flexibility index (Phi) is 8.51. The van der Waals surface area contributed by atoms with Crippen molar-refractivity contribution in [3.63, 3.8) is 0 Å². The molecule has 0 aliphatic rings. The highest BCUT2D eigenvalue weighted by molar-refractivity contribution is 6.03. The fraction of sp³-hybridized carbons (Fsp3) is 0.600. The highest BCUT2D eigenvalue weighted by atomic mass is 16.4. The van der Waals surface area contributed by atoms with Gasteiger partial charge in [-0.05, 0) is 42.4 Å². The minimum Gasteiger partial charge on any atom is -0.478 e. The van der Waals surface area contributed by atoms with Gasteiger partial charge in [-0.2, -0.15) is 0 Å². The number of unbranched alkanes of at least 4 members (excludes halogenated alkanes) is 3. The molecule has 1 aromatic rings. The van der Waals surface area contributed by atoms with E-state index in [0.29, 0.717) is 17.9 Å². The summed E-state index contributed by atoms with van der Waals surface area (Å²) in [5.74, 6) is -1.60. The fourth-order valence-corrected chi connectivity index (χ4v) is 3.11. The van der Waals surface area contributed by atoms with Gasteiger partial charge in [0, 0.05) is 0 Å². The van der Waals surface area contributed by atoms with E-state index in [1.54, 1.807) is 6.07 Å². The second kappa shape index (κ2) is 10.1. The first-order valence-electron chi connectivity index (χ1n) is 8.99. The van der Waals surface area contributed by atoms with E-state index in [1.807, 2.05) is 6.92 Å². The fourth-order valence-electron chi connectivity index (χ4n) is 3.11. The molecule has 4 nitrogen and oxygen atoms in total. The lowest BCUT2D eigenvalue weighted by atomic mass is 9.90. The summed E-state index contributed by atoms with van der Waals surface area (Å²) >= 11 is 0. The number of carboxylic acids is 2. The Labute approximate surface area is 144 Å². The molecule has 0 heterocycles. The molecule has 0 saturated heterocycles. The highest BCUT2D eigenvalue weighted by Gasteiger charge is 2.22. The second-order valence-corrected chi connectivity index (χ2v) is 6.83. The van der Waals surface area contributed by atoms with Gasteiger partial charge >= 0.3 is 11.9 Å². The van der Waals surface area contributed by atoms with Crippen LogP contribution in [0.3, 0.4) is 0 Å². The Morgan fingerprint density at radius 3 is 2.17 bits per heavy atom. The molecule has 0 unspecified atom stereocenters. The van der Waals surface area contributed by atoms with Gasteiger partial charge in [-0.3, -0.25) is 0 Å². The third-order valence-electron chi connectivity index (χ3n) is 4.33. The van der Waals surface area contributed by atoms with Crippen LogP contribution in [0.2, 0.25) is 0 Å². The van der Waals surface area contributed by atoms with Crippen LogP contribution in [0.1, 0.15) is 91.1 Å². The summed E-state index contributed by atoms with van der Waals surface area (Å²) in [5, 5.41) is 18.8. The van der Waals surface area contributed by atoms with E-state index in [9.17, 15) is 19.8 Å². The molecule has 0 fully saturated rings. The summed E-state index contributed by atoms with van der Waals surface area (Å²) in [6, 6.07) is 3.22. The zero-order valence-electron chi connectivity index (χ0n) is 15.1. The van der Waals surface area contributed by atoms with Crippen LogP contribution >= 0.6 is 0 Å². The number of aryl methyl sites for hydroxylation is 1. The molecule has 0 atom stereocenters. The van der Waals surface area contributed by atoms with Crippen LogP contribution < -0.4 is 0 Å². The SMILES string of the molecule is CCCc1ccc(C(=O)O)c(C(=O)O)c1CCCCCCC(C)C. The lowest BCUT2D eigenvalue weighted by Gasteiger charge is -2.15. The summed E-state index contributed by atoms with van der Waals surface area (Å²) < 4.78 is 0. The smallest absolute Gasteiger partial charge is 0.336 e. The van der Waals surface area contributed by atoms with Crippen molar-refractivity contribution in [2.75, 3.05) is 0 Å². The van der Waals surface area contributed by atoms with Gasteiger partial charge in [0.1, 0.15) is 0 Å².